The highest BCUT2D eigenvalue weighted by Gasteiger charge is 2.31. The van der Waals surface area contributed by atoms with Gasteiger partial charge in [0.25, 0.3) is 0 Å². The van der Waals surface area contributed by atoms with Crippen molar-refractivity contribution in [1.29, 1.82) is 0 Å². The summed E-state index contributed by atoms with van der Waals surface area (Å²) in [5.74, 6) is 2.91. The first-order valence-electron chi connectivity index (χ1n) is 5.16. The summed E-state index contributed by atoms with van der Waals surface area (Å²) >= 11 is 0. The molecule has 1 nitrogen and oxygen atoms in total. The fourth-order valence-corrected chi connectivity index (χ4v) is 2.08. The van der Waals surface area contributed by atoms with Crippen LogP contribution in [0.1, 0.15) is 25.7 Å². The van der Waals surface area contributed by atoms with E-state index in [4.69, 9.17) is 6.42 Å². The van der Waals surface area contributed by atoms with Gasteiger partial charge in [0.15, 0.2) is 0 Å². The van der Waals surface area contributed by atoms with Gasteiger partial charge in [0.05, 0.1) is 5.54 Å². The molecule has 14 heavy (non-hydrogen) atoms. The Morgan fingerprint density at radius 1 is 1.14 bits per heavy atom. The van der Waals surface area contributed by atoms with Crippen molar-refractivity contribution < 1.29 is 0 Å². The zero-order chi connectivity index (χ0) is 9.86. The van der Waals surface area contributed by atoms with Gasteiger partial charge < -0.3 is 5.32 Å². The number of anilines is 1. The minimum atomic E-state index is -0.0820. The maximum atomic E-state index is 5.60. The fourth-order valence-electron chi connectivity index (χ4n) is 2.08. The Morgan fingerprint density at radius 3 is 2.36 bits per heavy atom. The van der Waals surface area contributed by atoms with Crippen LogP contribution in [0.5, 0.6) is 0 Å². The average molecular weight is 185 g/mol. The minimum Gasteiger partial charge on any atom is -0.369 e. The van der Waals surface area contributed by atoms with E-state index < -0.39 is 0 Å². The Morgan fingerprint density at radius 2 is 1.79 bits per heavy atom. The highest BCUT2D eigenvalue weighted by Crippen LogP contribution is 2.32. The maximum absolute atomic E-state index is 5.60. The first-order chi connectivity index (χ1) is 6.85. The lowest BCUT2D eigenvalue weighted by atomic mass is 9.98. The molecule has 1 fully saturated rings. The molecule has 0 aromatic heterocycles. The monoisotopic (exact) mass is 185 g/mol. The van der Waals surface area contributed by atoms with E-state index in [1.165, 1.54) is 12.8 Å². The van der Waals surface area contributed by atoms with Gasteiger partial charge >= 0.3 is 0 Å². The summed E-state index contributed by atoms with van der Waals surface area (Å²) in [7, 11) is 0. The molecule has 1 N–H and O–H groups in total. The normalized spacial score (nSPS) is 18.8. The zero-order valence-electron chi connectivity index (χ0n) is 8.29. The van der Waals surface area contributed by atoms with Crippen molar-refractivity contribution in [3.05, 3.63) is 30.3 Å². The highest BCUT2D eigenvalue weighted by atomic mass is 15.0. The molecule has 0 spiro atoms. The van der Waals surface area contributed by atoms with Gasteiger partial charge in [0.2, 0.25) is 0 Å². The van der Waals surface area contributed by atoms with E-state index in [0.29, 0.717) is 0 Å². The van der Waals surface area contributed by atoms with Crippen LogP contribution in [-0.4, -0.2) is 5.54 Å². The van der Waals surface area contributed by atoms with Crippen molar-refractivity contribution in [2.24, 2.45) is 0 Å². The predicted octanol–water partition coefficient (Wildman–Crippen LogP) is 3.04. The second-order valence-corrected chi connectivity index (χ2v) is 3.92. The SMILES string of the molecule is C#CC1(Nc2ccccc2)CCCC1. The number of para-hydroxylation sites is 1. The van der Waals surface area contributed by atoms with Gasteiger partial charge in [-0.15, -0.1) is 6.42 Å². The van der Waals surface area contributed by atoms with Crippen molar-refractivity contribution in [1.82, 2.24) is 0 Å². The Balaban J connectivity index is 2.13. The Hall–Kier alpha value is -1.42. The van der Waals surface area contributed by atoms with E-state index in [1.54, 1.807) is 0 Å². The van der Waals surface area contributed by atoms with E-state index in [0.717, 1.165) is 18.5 Å². The van der Waals surface area contributed by atoms with Gasteiger partial charge in [-0.05, 0) is 37.8 Å². The topological polar surface area (TPSA) is 12.0 Å². The molecule has 2 rings (SSSR count). The lowest BCUT2D eigenvalue weighted by molar-refractivity contribution is 0.622. The standard InChI is InChI=1S/C13H15N/c1-2-13(10-6-7-11-13)14-12-8-4-3-5-9-12/h1,3-5,8-9,14H,6-7,10-11H2. The van der Waals surface area contributed by atoms with Crippen molar-refractivity contribution in [2.45, 2.75) is 31.2 Å². The third-order valence-electron chi connectivity index (χ3n) is 2.89. The molecule has 1 aliphatic rings. The number of benzene rings is 1. The first kappa shape index (κ1) is 9.15. The summed E-state index contributed by atoms with van der Waals surface area (Å²) in [6.45, 7) is 0. The minimum absolute atomic E-state index is 0.0820. The summed E-state index contributed by atoms with van der Waals surface area (Å²) in [6, 6.07) is 10.2. The molecule has 0 radical (unpaired) electrons. The average Bonchev–Trinajstić information content (AvgIpc) is 2.69. The van der Waals surface area contributed by atoms with Gasteiger partial charge in [-0.1, -0.05) is 24.1 Å². The molecular weight excluding hydrogens is 170 g/mol. The van der Waals surface area contributed by atoms with Gasteiger partial charge in [-0.3, -0.25) is 0 Å². The zero-order valence-corrected chi connectivity index (χ0v) is 8.29. The summed E-state index contributed by atoms with van der Waals surface area (Å²) in [4.78, 5) is 0. The summed E-state index contributed by atoms with van der Waals surface area (Å²) in [6.07, 6.45) is 10.3. The largest absolute Gasteiger partial charge is 0.369 e. The van der Waals surface area contributed by atoms with Crippen molar-refractivity contribution >= 4 is 5.69 Å². The number of terminal acetylenes is 1. The summed E-state index contributed by atoms with van der Waals surface area (Å²) in [5.41, 5.74) is 1.05. The van der Waals surface area contributed by atoms with E-state index >= 15 is 0 Å². The molecule has 0 amide bonds. The molecule has 0 bridgehead atoms. The molecule has 1 heteroatoms. The molecule has 0 heterocycles. The van der Waals surface area contributed by atoms with Crippen molar-refractivity contribution in [2.75, 3.05) is 5.32 Å². The van der Waals surface area contributed by atoms with Crippen LogP contribution in [0, 0.1) is 12.3 Å². The Kier molecular flexibility index (Phi) is 2.45. The smallest absolute Gasteiger partial charge is 0.0984 e. The van der Waals surface area contributed by atoms with Gasteiger partial charge in [0.1, 0.15) is 0 Å². The van der Waals surface area contributed by atoms with Crippen LogP contribution in [0.3, 0.4) is 0 Å². The van der Waals surface area contributed by atoms with Crippen LogP contribution in [-0.2, 0) is 0 Å². The quantitative estimate of drug-likeness (QED) is 0.698. The van der Waals surface area contributed by atoms with Crippen LogP contribution in [0.25, 0.3) is 0 Å². The molecule has 1 saturated carbocycles. The van der Waals surface area contributed by atoms with Crippen LogP contribution < -0.4 is 5.32 Å². The molecule has 0 saturated heterocycles. The van der Waals surface area contributed by atoms with Crippen LogP contribution >= 0.6 is 0 Å². The van der Waals surface area contributed by atoms with E-state index in [2.05, 4.69) is 23.4 Å². The summed E-state index contributed by atoms with van der Waals surface area (Å²) < 4.78 is 0. The highest BCUT2D eigenvalue weighted by molar-refractivity contribution is 5.48. The van der Waals surface area contributed by atoms with Gasteiger partial charge in [-0.2, -0.15) is 0 Å². The Bertz CT molecular complexity index is 328. The van der Waals surface area contributed by atoms with Gasteiger partial charge in [-0.25, -0.2) is 0 Å². The predicted molar refractivity (Wildman–Crippen MR) is 60.1 cm³/mol. The van der Waals surface area contributed by atoms with Crippen LogP contribution in [0.4, 0.5) is 5.69 Å². The van der Waals surface area contributed by atoms with Crippen LogP contribution in [0.15, 0.2) is 30.3 Å². The van der Waals surface area contributed by atoms with Crippen molar-refractivity contribution in [3.8, 4) is 12.3 Å². The Labute approximate surface area is 85.5 Å². The van der Waals surface area contributed by atoms with Crippen LogP contribution in [0.2, 0.25) is 0 Å². The third kappa shape index (κ3) is 1.75. The van der Waals surface area contributed by atoms with E-state index in [1.807, 2.05) is 18.2 Å². The molecule has 0 atom stereocenters. The summed E-state index contributed by atoms with van der Waals surface area (Å²) in [5, 5.41) is 3.47. The maximum Gasteiger partial charge on any atom is 0.0984 e. The molecule has 0 unspecified atom stereocenters. The number of hydrogen-bond donors (Lipinski definition) is 1. The van der Waals surface area contributed by atoms with Crippen molar-refractivity contribution in [3.63, 3.8) is 0 Å². The molecule has 1 aromatic carbocycles. The second-order valence-electron chi connectivity index (χ2n) is 3.92. The lowest BCUT2D eigenvalue weighted by Crippen LogP contribution is -2.32. The van der Waals surface area contributed by atoms with E-state index in [9.17, 15) is 0 Å². The number of nitrogens with one attached hydrogen (secondary N) is 1. The molecular formula is C13H15N. The fraction of sp³-hybridized carbons (Fsp3) is 0.385. The number of hydrogen-bond acceptors (Lipinski definition) is 1. The second kappa shape index (κ2) is 3.75. The number of rotatable bonds is 2. The third-order valence-corrected chi connectivity index (χ3v) is 2.89. The molecule has 0 aliphatic heterocycles. The molecule has 1 aromatic rings. The molecule has 72 valence electrons. The van der Waals surface area contributed by atoms with E-state index in [-0.39, 0.29) is 5.54 Å². The first-order valence-corrected chi connectivity index (χ1v) is 5.16. The lowest BCUT2D eigenvalue weighted by Gasteiger charge is -2.25. The van der Waals surface area contributed by atoms with Gasteiger partial charge in [0, 0.05) is 5.69 Å². The molecule has 1 aliphatic carbocycles.